The first-order valence-electron chi connectivity index (χ1n) is 8.68. The first-order valence-corrected chi connectivity index (χ1v) is 8.68. The Kier molecular flexibility index (Phi) is 7.59. The molecule has 0 bridgehead atoms. The van der Waals surface area contributed by atoms with Crippen LogP contribution in [0, 0.1) is 11.2 Å². The lowest BCUT2D eigenvalue weighted by Crippen LogP contribution is -2.46. The van der Waals surface area contributed by atoms with Crippen LogP contribution in [0.15, 0.2) is 48.5 Å². The molecular weight excluding hydrogens is 371 g/mol. The Hall–Kier alpha value is -2.15. The molecule has 0 atom stereocenters. The highest BCUT2D eigenvalue weighted by molar-refractivity contribution is 5.95. The van der Waals surface area contributed by atoms with Crippen LogP contribution in [-0.2, 0) is 16.1 Å². The van der Waals surface area contributed by atoms with Crippen LogP contribution in [0.4, 0.5) is 10.1 Å². The van der Waals surface area contributed by atoms with Crippen LogP contribution in [0.5, 0.6) is 5.75 Å². The highest BCUT2D eigenvalue weighted by atomic mass is 35.5. The lowest BCUT2D eigenvalue weighted by atomic mass is 9.79. The number of benzene rings is 2. The number of hydrogen-bond acceptors (Lipinski definition) is 4. The number of carbonyl (C=O) groups excluding carboxylic acids is 1. The van der Waals surface area contributed by atoms with E-state index in [-0.39, 0.29) is 24.1 Å². The summed E-state index contributed by atoms with van der Waals surface area (Å²) >= 11 is 0. The first kappa shape index (κ1) is 21.2. The van der Waals surface area contributed by atoms with Crippen molar-refractivity contribution in [3.8, 4) is 5.75 Å². The van der Waals surface area contributed by atoms with Crippen molar-refractivity contribution in [2.45, 2.75) is 19.4 Å². The average molecular weight is 395 g/mol. The molecule has 146 valence electrons. The molecule has 0 spiro atoms. The van der Waals surface area contributed by atoms with Gasteiger partial charge >= 0.3 is 0 Å². The van der Waals surface area contributed by atoms with Crippen LogP contribution in [0.2, 0.25) is 0 Å². The molecule has 3 N–H and O–H groups in total. The van der Waals surface area contributed by atoms with Crippen LogP contribution in [0.1, 0.15) is 18.4 Å². The van der Waals surface area contributed by atoms with E-state index in [2.05, 4.69) is 5.32 Å². The fourth-order valence-electron chi connectivity index (χ4n) is 2.96. The molecule has 0 aliphatic carbocycles. The van der Waals surface area contributed by atoms with E-state index in [1.165, 1.54) is 12.1 Å². The Labute approximate surface area is 164 Å². The number of halogens is 2. The lowest BCUT2D eigenvalue weighted by Gasteiger charge is -2.34. The third kappa shape index (κ3) is 5.42. The van der Waals surface area contributed by atoms with Gasteiger partial charge in [0, 0.05) is 31.5 Å². The molecule has 0 aromatic heterocycles. The van der Waals surface area contributed by atoms with Crippen molar-refractivity contribution in [3.05, 3.63) is 59.9 Å². The maximum absolute atomic E-state index is 12.9. The number of amides is 1. The SMILES string of the molecule is Cl.NCC1(C(=O)Nc2cccc(OCc3ccc(F)cc3)c2)CCOCC1. The Morgan fingerprint density at radius 2 is 1.89 bits per heavy atom. The second-order valence-electron chi connectivity index (χ2n) is 6.49. The molecule has 3 rings (SSSR count). The molecule has 27 heavy (non-hydrogen) atoms. The summed E-state index contributed by atoms with van der Waals surface area (Å²) in [6.45, 7) is 1.71. The van der Waals surface area contributed by atoms with Crippen LogP contribution >= 0.6 is 12.4 Å². The van der Waals surface area contributed by atoms with E-state index in [1.54, 1.807) is 18.2 Å². The highest BCUT2D eigenvalue weighted by Gasteiger charge is 2.38. The minimum Gasteiger partial charge on any atom is -0.489 e. The summed E-state index contributed by atoms with van der Waals surface area (Å²) in [7, 11) is 0. The Balaban J connectivity index is 0.00000261. The third-order valence-corrected chi connectivity index (χ3v) is 4.73. The molecule has 0 saturated carbocycles. The van der Waals surface area contributed by atoms with Gasteiger partial charge in [0.1, 0.15) is 18.2 Å². The number of nitrogens with two attached hydrogens (primary N) is 1. The topological polar surface area (TPSA) is 73.6 Å². The summed E-state index contributed by atoms with van der Waals surface area (Å²) in [4.78, 5) is 12.7. The van der Waals surface area contributed by atoms with Crippen molar-refractivity contribution in [1.82, 2.24) is 0 Å². The van der Waals surface area contributed by atoms with Gasteiger partial charge in [-0.2, -0.15) is 0 Å². The molecule has 1 aliphatic rings. The van der Waals surface area contributed by atoms with Crippen LogP contribution in [-0.4, -0.2) is 25.7 Å². The third-order valence-electron chi connectivity index (χ3n) is 4.73. The fourth-order valence-corrected chi connectivity index (χ4v) is 2.96. The monoisotopic (exact) mass is 394 g/mol. The second kappa shape index (κ2) is 9.69. The quantitative estimate of drug-likeness (QED) is 0.786. The van der Waals surface area contributed by atoms with Gasteiger partial charge in [0.25, 0.3) is 0 Å². The van der Waals surface area contributed by atoms with Crippen LogP contribution in [0.25, 0.3) is 0 Å². The van der Waals surface area contributed by atoms with Gasteiger partial charge in [-0.1, -0.05) is 18.2 Å². The van der Waals surface area contributed by atoms with Gasteiger partial charge in [-0.25, -0.2) is 4.39 Å². The van der Waals surface area contributed by atoms with Crippen LogP contribution in [0.3, 0.4) is 0 Å². The van der Waals surface area contributed by atoms with Gasteiger partial charge in [-0.3, -0.25) is 4.79 Å². The predicted octanol–water partition coefficient (Wildman–Crippen LogP) is 3.52. The van der Waals surface area contributed by atoms with E-state index < -0.39 is 5.41 Å². The molecule has 2 aromatic carbocycles. The zero-order valence-electron chi connectivity index (χ0n) is 14.9. The zero-order chi connectivity index (χ0) is 18.4. The molecule has 0 unspecified atom stereocenters. The molecule has 1 amide bonds. The van der Waals surface area contributed by atoms with E-state index in [1.807, 2.05) is 18.2 Å². The van der Waals surface area contributed by atoms with Gasteiger partial charge < -0.3 is 20.5 Å². The number of rotatable bonds is 6. The summed E-state index contributed by atoms with van der Waals surface area (Å²) in [5.41, 5.74) is 6.82. The summed E-state index contributed by atoms with van der Waals surface area (Å²) in [6.07, 6.45) is 1.24. The minimum atomic E-state index is -0.580. The highest BCUT2D eigenvalue weighted by Crippen LogP contribution is 2.31. The van der Waals surface area contributed by atoms with E-state index in [4.69, 9.17) is 15.2 Å². The molecule has 1 aliphatic heterocycles. The van der Waals surface area contributed by atoms with Crippen molar-refractivity contribution in [3.63, 3.8) is 0 Å². The van der Waals surface area contributed by atoms with Crippen LogP contribution < -0.4 is 15.8 Å². The van der Waals surface area contributed by atoms with Crippen molar-refractivity contribution < 1.29 is 18.7 Å². The second-order valence-corrected chi connectivity index (χ2v) is 6.49. The molecule has 1 heterocycles. The number of hydrogen-bond donors (Lipinski definition) is 2. The molecule has 7 heteroatoms. The van der Waals surface area contributed by atoms with Crippen molar-refractivity contribution in [2.75, 3.05) is 25.1 Å². The van der Waals surface area contributed by atoms with Crippen molar-refractivity contribution in [1.29, 1.82) is 0 Å². The Bertz CT molecular complexity index is 749. The zero-order valence-corrected chi connectivity index (χ0v) is 15.8. The fraction of sp³-hybridized carbons (Fsp3) is 0.350. The number of carbonyl (C=O) groups is 1. The first-order chi connectivity index (χ1) is 12.6. The number of anilines is 1. The molecular formula is C20H24ClFN2O3. The Morgan fingerprint density at radius 1 is 1.19 bits per heavy atom. The molecule has 1 saturated heterocycles. The summed E-state index contributed by atoms with van der Waals surface area (Å²) < 4.78 is 24.0. The molecule has 1 fully saturated rings. The summed E-state index contributed by atoms with van der Waals surface area (Å²) in [5.74, 6) is 0.264. The number of nitrogens with one attached hydrogen (secondary N) is 1. The minimum absolute atomic E-state index is 0. The Morgan fingerprint density at radius 3 is 2.56 bits per heavy atom. The van der Waals surface area contributed by atoms with Gasteiger partial charge in [-0.05, 0) is 42.7 Å². The van der Waals surface area contributed by atoms with Crippen molar-refractivity contribution >= 4 is 24.0 Å². The average Bonchev–Trinajstić information content (AvgIpc) is 2.68. The maximum Gasteiger partial charge on any atom is 0.232 e. The summed E-state index contributed by atoms with van der Waals surface area (Å²) in [5, 5.41) is 2.95. The standard InChI is InChI=1S/C20H23FN2O3.ClH/c21-16-6-4-15(5-7-16)13-26-18-3-1-2-17(12-18)23-19(24)20(14-22)8-10-25-11-9-20;/h1-7,12H,8-11,13-14,22H2,(H,23,24);1H. The normalized spacial score (nSPS) is 15.5. The van der Waals surface area contributed by atoms with Gasteiger partial charge in [-0.15, -0.1) is 12.4 Å². The largest absolute Gasteiger partial charge is 0.489 e. The smallest absolute Gasteiger partial charge is 0.232 e. The molecule has 2 aromatic rings. The number of ether oxygens (including phenoxy) is 2. The van der Waals surface area contributed by atoms with E-state index in [0.29, 0.717) is 50.6 Å². The van der Waals surface area contributed by atoms with Gasteiger partial charge in [0.15, 0.2) is 0 Å². The van der Waals surface area contributed by atoms with Gasteiger partial charge in [0.05, 0.1) is 5.41 Å². The predicted molar refractivity (Wildman–Crippen MR) is 105 cm³/mol. The lowest BCUT2D eigenvalue weighted by molar-refractivity contribution is -0.130. The molecule has 5 nitrogen and oxygen atoms in total. The van der Waals surface area contributed by atoms with E-state index in [9.17, 15) is 9.18 Å². The summed E-state index contributed by atoms with van der Waals surface area (Å²) in [6, 6.07) is 13.4. The van der Waals surface area contributed by atoms with Gasteiger partial charge in [0.2, 0.25) is 5.91 Å². The van der Waals surface area contributed by atoms with Crippen molar-refractivity contribution in [2.24, 2.45) is 11.1 Å². The van der Waals surface area contributed by atoms with E-state index in [0.717, 1.165) is 5.56 Å². The van der Waals surface area contributed by atoms with E-state index >= 15 is 0 Å². The molecule has 0 radical (unpaired) electrons. The maximum atomic E-state index is 12.9.